The lowest BCUT2D eigenvalue weighted by Crippen LogP contribution is -2.41. The van der Waals surface area contributed by atoms with Gasteiger partial charge in [0.2, 0.25) is 0 Å². The van der Waals surface area contributed by atoms with E-state index in [4.69, 9.17) is 10.7 Å². The molecular formula is C14H15BrN2S. The Hall–Kier alpha value is -0.710. The van der Waals surface area contributed by atoms with E-state index >= 15 is 0 Å². The number of nitrogens with zero attached hydrogens (tertiary/aromatic N) is 1. The van der Waals surface area contributed by atoms with E-state index in [1.165, 1.54) is 30.5 Å². The Kier molecular flexibility index (Phi) is 3.26. The fraction of sp³-hybridized carbons (Fsp3) is 0.357. The van der Waals surface area contributed by atoms with Crippen molar-refractivity contribution in [2.75, 3.05) is 6.54 Å². The SMILES string of the molecule is NCC1(c2csc(-c3ccccc3Br)n2)CCC1. The number of nitrogens with two attached hydrogens (primary N) is 1. The van der Waals surface area contributed by atoms with Crippen molar-refractivity contribution in [2.45, 2.75) is 24.7 Å². The molecule has 1 aliphatic rings. The Morgan fingerprint density at radius 3 is 2.72 bits per heavy atom. The van der Waals surface area contributed by atoms with Gasteiger partial charge in [-0.05, 0) is 18.9 Å². The molecule has 1 aromatic carbocycles. The summed E-state index contributed by atoms with van der Waals surface area (Å²) >= 11 is 5.29. The first-order chi connectivity index (χ1) is 8.75. The summed E-state index contributed by atoms with van der Waals surface area (Å²) in [6.07, 6.45) is 3.64. The van der Waals surface area contributed by atoms with Gasteiger partial charge in [-0.15, -0.1) is 11.3 Å². The maximum absolute atomic E-state index is 5.93. The third-order valence-electron chi connectivity index (χ3n) is 3.85. The monoisotopic (exact) mass is 322 g/mol. The minimum atomic E-state index is 0.163. The van der Waals surface area contributed by atoms with Crippen molar-refractivity contribution in [3.8, 4) is 10.6 Å². The van der Waals surface area contributed by atoms with Crippen LogP contribution in [0.15, 0.2) is 34.1 Å². The number of aromatic nitrogens is 1. The molecule has 94 valence electrons. The number of hydrogen-bond acceptors (Lipinski definition) is 3. The number of thiazole rings is 1. The van der Waals surface area contributed by atoms with Gasteiger partial charge in [0, 0.05) is 27.4 Å². The largest absolute Gasteiger partial charge is 0.330 e. The van der Waals surface area contributed by atoms with E-state index in [2.05, 4.69) is 33.4 Å². The van der Waals surface area contributed by atoms with Gasteiger partial charge in [0.25, 0.3) is 0 Å². The molecular weight excluding hydrogens is 308 g/mol. The summed E-state index contributed by atoms with van der Waals surface area (Å²) in [7, 11) is 0. The molecule has 0 saturated heterocycles. The first kappa shape index (κ1) is 12.3. The molecule has 2 nitrogen and oxygen atoms in total. The van der Waals surface area contributed by atoms with Gasteiger partial charge in [0.05, 0.1) is 5.69 Å². The Labute approximate surface area is 119 Å². The predicted molar refractivity (Wildman–Crippen MR) is 79.8 cm³/mol. The van der Waals surface area contributed by atoms with Crippen LogP contribution in [0.4, 0.5) is 0 Å². The molecule has 0 unspecified atom stereocenters. The maximum Gasteiger partial charge on any atom is 0.124 e. The van der Waals surface area contributed by atoms with E-state index in [0.717, 1.165) is 9.48 Å². The molecule has 4 heteroatoms. The average molecular weight is 323 g/mol. The molecule has 2 N–H and O–H groups in total. The van der Waals surface area contributed by atoms with Crippen LogP contribution in [0.5, 0.6) is 0 Å². The van der Waals surface area contributed by atoms with Crippen molar-refractivity contribution in [3.05, 3.63) is 39.8 Å². The highest BCUT2D eigenvalue weighted by Crippen LogP contribution is 2.44. The summed E-state index contributed by atoms with van der Waals surface area (Å²) in [5.74, 6) is 0. The van der Waals surface area contributed by atoms with Crippen LogP contribution in [0.25, 0.3) is 10.6 Å². The van der Waals surface area contributed by atoms with Crippen molar-refractivity contribution in [3.63, 3.8) is 0 Å². The lowest BCUT2D eigenvalue weighted by Gasteiger charge is -2.39. The Bertz CT molecular complexity index is 555. The molecule has 0 spiro atoms. The quantitative estimate of drug-likeness (QED) is 0.929. The molecule has 0 bridgehead atoms. The van der Waals surface area contributed by atoms with Crippen molar-refractivity contribution in [1.29, 1.82) is 0 Å². The normalized spacial score (nSPS) is 17.4. The molecule has 2 aromatic rings. The van der Waals surface area contributed by atoms with Crippen LogP contribution in [-0.4, -0.2) is 11.5 Å². The van der Waals surface area contributed by atoms with Gasteiger partial charge >= 0.3 is 0 Å². The Balaban J connectivity index is 1.97. The number of benzene rings is 1. The predicted octanol–water partition coefficient (Wildman–Crippen LogP) is 3.95. The van der Waals surface area contributed by atoms with E-state index < -0.39 is 0 Å². The molecule has 3 rings (SSSR count). The summed E-state index contributed by atoms with van der Waals surface area (Å²) in [6, 6.07) is 8.22. The van der Waals surface area contributed by atoms with E-state index in [0.29, 0.717) is 6.54 Å². The van der Waals surface area contributed by atoms with Crippen molar-refractivity contribution >= 4 is 27.3 Å². The van der Waals surface area contributed by atoms with Crippen LogP contribution in [0, 0.1) is 0 Å². The zero-order valence-electron chi connectivity index (χ0n) is 10.0. The highest BCUT2D eigenvalue weighted by molar-refractivity contribution is 9.10. The molecule has 0 aliphatic heterocycles. The van der Waals surface area contributed by atoms with Crippen LogP contribution in [0.3, 0.4) is 0 Å². The van der Waals surface area contributed by atoms with E-state index in [1.54, 1.807) is 11.3 Å². The van der Waals surface area contributed by atoms with Crippen LogP contribution in [0.1, 0.15) is 25.0 Å². The lowest BCUT2D eigenvalue weighted by molar-refractivity contribution is 0.247. The Morgan fingerprint density at radius 2 is 2.11 bits per heavy atom. The van der Waals surface area contributed by atoms with Gasteiger partial charge in [0.15, 0.2) is 0 Å². The summed E-state index contributed by atoms with van der Waals surface area (Å²) in [5.41, 5.74) is 8.45. The molecule has 1 heterocycles. The molecule has 1 aliphatic carbocycles. The molecule has 0 amide bonds. The van der Waals surface area contributed by atoms with Crippen LogP contribution in [-0.2, 0) is 5.41 Å². The number of halogens is 1. The summed E-state index contributed by atoms with van der Waals surface area (Å²) in [6.45, 7) is 0.714. The zero-order valence-corrected chi connectivity index (χ0v) is 12.4. The van der Waals surface area contributed by atoms with E-state index in [1.807, 2.05) is 12.1 Å². The minimum Gasteiger partial charge on any atom is -0.330 e. The van der Waals surface area contributed by atoms with Gasteiger partial charge in [-0.1, -0.05) is 40.5 Å². The lowest BCUT2D eigenvalue weighted by atomic mass is 9.67. The fourth-order valence-electron chi connectivity index (χ4n) is 2.44. The maximum atomic E-state index is 5.93. The van der Waals surface area contributed by atoms with E-state index in [9.17, 15) is 0 Å². The molecule has 1 saturated carbocycles. The van der Waals surface area contributed by atoms with Crippen molar-refractivity contribution in [2.24, 2.45) is 5.73 Å². The topological polar surface area (TPSA) is 38.9 Å². The summed E-state index contributed by atoms with van der Waals surface area (Å²) in [5, 5.41) is 3.26. The third-order valence-corrected chi connectivity index (χ3v) is 5.42. The Morgan fingerprint density at radius 1 is 1.33 bits per heavy atom. The second-order valence-electron chi connectivity index (χ2n) is 4.86. The highest BCUT2D eigenvalue weighted by atomic mass is 79.9. The molecule has 0 atom stereocenters. The highest BCUT2D eigenvalue weighted by Gasteiger charge is 2.39. The number of rotatable bonds is 3. The second-order valence-corrected chi connectivity index (χ2v) is 6.57. The van der Waals surface area contributed by atoms with Gasteiger partial charge in [-0.25, -0.2) is 4.98 Å². The van der Waals surface area contributed by atoms with Crippen LogP contribution < -0.4 is 5.73 Å². The summed E-state index contributed by atoms with van der Waals surface area (Å²) in [4.78, 5) is 4.81. The van der Waals surface area contributed by atoms with Gasteiger partial charge in [-0.3, -0.25) is 0 Å². The van der Waals surface area contributed by atoms with Gasteiger partial charge in [-0.2, -0.15) is 0 Å². The number of hydrogen-bond donors (Lipinski definition) is 1. The molecule has 0 radical (unpaired) electrons. The van der Waals surface area contributed by atoms with Crippen molar-refractivity contribution in [1.82, 2.24) is 4.98 Å². The van der Waals surface area contributed by atoms with Crippen LogP contribution >= 0.6 is 27.3 Å². The van der Waals surface area contributed by atoms with Crippen LogP contribution in [0.2, 0.25) is 0 Å². The zero-order chi connectivity index (χ0) is 12.6. The first-order valence-corrected chi connectivity index (χ1v) is 7.83. The minimum absolute atomic E-state index is 0.163. The average Bonchev–Trinajstić information content (AvgIpc) is 2.79. The second kappa shape index (κ2) is 4.76. The smallest absolute Gasteiger partial charge is 0.124 e. The summed E-state index contributed by atoms with van der Waals surface area (Å²) < 4.78 is 1.10. The standard InChI is InChI=1S/C14H15BrN2S/c15-11-5-2-1-4-10(11)13-17-12(8-18-13)14(9-16)6-3-7-14/h1-2,4-5,8H,3,6-7,9,16H2. The first-order valence-electron chi connectivity index (χ1n) is 6.16. The molecule has 18 heavy (non-hydrogen) atoms. The van der Waals surface area contributed by atoms with Crippen molar-refractivity contribution < 1.29 is 0 Å². The molecule has 1 fully saturated rings. The molecule has 1 aromatic heterocycles. The van der Waals surface area contributed by atoms with Gasteiger partial charge in [0.1, 0.15) is 5.01 Å². The van der Waals surface area contributed by atoms with E-state index in [-0.39, 0.29) is 5.41 Å². The third kappa shape index (κ3) is 1.92. The fourth-order valence-corrected chi connectivity index (χ4v) is 4.03. The van der Waals surface area contributed by atoms with Gasteiger partial charge < -0.3 is 5.73 Å².